The van der Waals surface area contributed by atoms with E-state index in [1.54, 1.807) is 17.0 Å². The van der Waals surface area contributed by atoms with Crippen LogP contribution in [0.2, 0.25) is 0 Å². The number of carbonyl (C=O) groups excluding carboxylic acids is 3. The molecule has 3 aliphatic heterocycles. The van der Waals surface area contributed by atoms with Crippen molar-refractivity contribution < 1.29 is 23.9 Å². The molecule has 9 nitrogen and oxygen atoms in total. The number of hydrogen-bond donors (Lipinski definition) is 1. The fourth-order valence-corrected chi connectivity index (χ4v) is 4.28. The number of carbonyl (C=O) groups is 3. The van der Waals surface area contributed by atoms with Gasteiger partial charge in [-0.25, -0.2) is 0 Å². The molecule has 0 aromatic heterocycles. The molecule has 2 aromatic rings. The number of amides is 3. The fraction of sp³-hybridized carbons (Fsp3) is 0.348. The Kier molecular flexibility index (Phi) is 5.40. The van der Waals surface area contributed by atoms with Gasteiger partial charge in [-0.1, -0.05) is 24.3 Å². The molecule has 1 fully saturated rings. The Morgan fingerprint density at radius 2 is 1.72 bits per heavy atom. The molecule has 3 amide bonds. The van der Waals surface area contributed by atoms with Crippen LogP contribution >= 0.6 is 0 Å². The highest BCUT2D eigenvalue weighted by molar-refractivity contribution is 6.11. The zero-order chi connectivity index (χ0) is 22.1. The van der Waals surface area contributed by atoms with E-state index in [0.29, 0.717) is 43.4 Å². The Balaban J connectivity index is 1.38. The molecular weight excluding hydrogens is 412 g/mol. The van der Waals surface area contributed by atoms with E-state index in [4.69, 9.17) is 9.47 Å². The molecular formula is C23H24N4O5. The maximum absolute atomic E-state index is 13.3. The molecule has 0 unspecified atom stereocenters. The van der Waals surface area contributed by atoms with Crippen molar-refractivity contribution in [3.05, 3.63) is 48.5 Å². The van der Waals surface area contributed by atoms with Crippen LogP contribution in [-0.4, -0.2) is 74.7 Å². The number of hydrogen-bond acceptors (Lipinski definition) is 6. The molecule has 0 aliphatic carbocycles. The summed E-state index contributed by atoms with van der Waals surface area (Å²) in [5.74, 6) is -0.000677. The van der Waals surface area contributed by atoms with Crippen molar-refractivity contribution in [2.24, 2.45) is 0 Å². The summed E-state index contributed by atoms with van der Waals surface area (Å²) in [5, 5.41) is 2.80. The van der Waals surface area contributed by atoms with E-state index in [-0.39, 0.29) is 37.4 Å². The Bertz CT molecular complexity index is 1050. The highest BCUT2D eigenvalue weighted by Gasteiger charge is 2.36. The smallest absolute Gasteiger partial charge is 0.265 e. The van der Waals surface area contributed by atoms with E-state index in [9.17, 15) is 14.4 Å². The van der Waals surface area contributed by atoms with Gasteiger partial charge in [0.25, 0.3) is 5.91 Å². The molecule has 9 heteroatoms. The molecule has 1 saturated heterocycles. The second-order valence-corrected chi connectivity index (χ2v) is 7.94. The second kappa shape index (κ2) is 8.51. The summed E-state index contributed by atoms with van der Waals surface area (Å²) >= 11 is 0. The van der Waals surface area contributed by atoms with Crippen LogP contribution in [0, 0.1) is 0 Å². The van der Waals surface area contributed by atoms with Crippen LogP contribution < -0.4 is 19.9 Å². The SMILES string of the molecule is O=C1CN(C(=O)CN2C[C@H](C(=O)N3CCOCC3)Oc3ccccc32)c2ccccc2N1. The lowest BCUT2D eigenvalue weighted by atomic mass is 10.1. The van der Waals surface area contributed by atoms with E-state index >= 15 is 0 Å². The van der Waals surface area contributed by atoms with Crippen molar-refractivity contribution in [3.8, 4) is 5.75 Å². The van der Waals surface area contributed by atoms with Crippen molar-refractivity contribution in [2.75, 3.05) is 61.1 Å². The lowest BCUT2D eigenvalue weighted by Gasteiger charge is -2.39. The molecule has 3 aliphatic rings. The van der Waals surface area contributed by atoms with Gasteiger partial charge in [-0.15, -0.1) is 0 Å². The molecule has 0 saturated carbocycles. The summed E-state index contributed by atoms with van der Waals surface area (Å²) in [6, 6.07) is 14.6. The van der Waals surface area contributed by atoms with Gasteiger partial charge in [0, 0.05) is 13.1 Å². The molecule has 0 spiro atoms. The third-order valence-electron chi connectivity index (χ3n) is 5.86. The van der Waals surface area contributed by atoms with Crippen LogP contribution in [0.25, 0.3) is 0 Å². The lowest BCUT2D eigenvalue weighted by molar-refractivity contribution is -0.142. The minimum Gasteiger partial charge on any atom is -0.477 e. The number of morpholine rings is 1. The largest absolute Gasteiger partial charge is 0.477 e. The third kappa shape index (κ3) is 3.87. The first kappa shape index (κ1) is 20.3. The zero-order valence-corrected chi connectivity index (χ0v) is 17.5. The Hall–Kier alpha value is -3.59. The van der Waals surface area contributed by atoms with Gasteiger partial charge in [0.15, 0.2) is 6.10 Å². The number of anilines is 3. The van der Waals surface area contributed by atoms with Crippen LogP contribution in [0.1, 0.15) is 0 Å². The Labute approximate surface area is 185 Å². The molecule has 5 rings (SSSR count). The van der Waals surface area contributed by atoms with E-state index in [1.165, 1.54) is 4.90 Å². The Morgan fingerprint density at radius 3 is 2.53 bits per heavy atom. The van der Waals surface area contributed by atoms with Crippen LogP contribution in [0.4, 0.5) is 17.1 Å². The highest BCUT2D eigenvalue weighted by Crippen LogP contribution is 2.34. The van der Waals surface area contributed by atoms with Gasteiger partial charge in [-0.2, -0.15) is 0 Å². The monoisotopic (exact) mass is 436 g/mol. The third-order valence-corrected chi connectivity index (χ3v) is 5.86. The van der Waals surface area contributed by atoms with Gasteiger partial charge in [-0.05, 0) is 24.3 Å². The van der Waals surface area contributed by atoms with E-state index in [2.05, 4.69) is 5.32 Å². The van der Waals surface area contributed by atoms with E-state index < -0.39 is 6.10 Å². The van der Waals surface area contributed by atoms with Gasteiger partial charge < -0.3 is 24.6 Å². The maximum Gasteiger partial charge on any atom is 0.265 e. The van der Waals surface area contributed by atoms with Crippen LogP contribution in [-0.2, 0) is 19.1 Å². The first-order valence-electron chi connectivity index (χ1n) is 10.7. The van der Waals surface area contributed by atoms with Crippen molar-refractivity contribution in [1.82, 2.24) is 4.90 Å². The summed E-state index contributed by atoms with van der Waals surface area (Å²) in [5.41, 5.74) is 2.03. The maximum atomic E-state index is 13.3. The number of nitrogens with zero attached hydrogens (tertiary/aromatic N) is 3. The standard InChI is InChI=1S/C23H24N4O5/c28-21-14-27(17-6-2-1-5-16(17)24-21)22(29)15-26-13-20(23(30)25-9-11-31-12-10-25)32-19-8-4-3-7-18(19)26/h1-8,20H,9-15H2,(H,24,28)/t20-/m1/s1. The minimum atomic E-state index is -0.715. The van der Waals surface area contributed by atoms with Gasteiger partial charge in [-0.3, -0.25) is 19.3 Å². The molecule has 1 atom stereocenters. The molecule has 0 bridgehead atoms. The predicted molar refractivity (Wildman–Crippen MR) is 118 cm³/mol. The molecule has 2 aromatic carbocycles. The molecule has 0 radical (unpaired) electrons. The summed E-state index contributed by atoms with van der Waals surface area (Å²) in [6.07, 6.45) is -0.715. The molecule has 3 heterocycles. The second-order valence-electron chi connectivity index (χ2n) is 7.94. The van der Waals surface area contributed by atoms with Crippen molar-refractivity contribution >= 4 is 34.8 Å². The average molecular weight is 436 g/mol. The quantitative estimate of drug-likeness (QED) is 0.775. The number of para-hydroxylation sites is 4. The highest BCUT2D eigenvalue weighted by atomic mass is 16.5. The summed E-state index contributed by atoms with van der Waals surface area (Å²) < 4.78 is 11.4. The van der Waals surface area contributed by atoms with Crippen LogP contribution in [0.3, 0.4) is 0 Å². The van der Waals surface area contributed by atoms with Crippen LogP contribution in [0.15, 0.2) is 48.5 Å². The summed E-state index contributed by atoms with van der Waals surface area (Å²) in [6.45, 7) is 2.30. The van der Waals surface area contributed by atoms with Gasteiger partial charge in [0.05, 0.1) is 43.4 Å². The Morgan fingerprint density at radius 1 is 1.00 bits per heavy atom. The molecule has 1 N–H and O–H groups in total. The average Bonchev–Trinajstić information content (AvgIpc) is 2.83. The van der Waals surface area contributed by atoms with Crippen molar-refractivity contribution in [3.63, 3.8) is 0 Å². The van der Waals surface area contributed by atoms with E-state index in [0.717, 1.165) is 5.69 Å². The number of benzene rings is 2. The van der Waals surface area contributed by atoms with Crippen LogP contribution in [0.5, 0.6) is 5.75 Å². The minimum absolute atomic E-state index is 0.0227. The summed E-state index contributed by atoms with van der Waals surface area (Å²) in [7, 11) is 0. The van der Waals surface area contributed by atoms with Crippen molar-refractivity contribution in [2.45, 2.75) is 6.10 Å². The first-order valence-corrected chi connectivity index (χ1v) is 10.7. The number of ether oxygens (including phenoxy) is 2. The number of rotatable bonds is 3. The lowest BCUT2D eigenvalue weighted by Crippen LogP contribution is -2.55. The van der Waals surface area contributed by atoms with E-state index in [1.807, 2.05) is 41.3 Å². The topological polar surface area (TPSA) is 91.4 Å². The van der Waals surface area contributed by atoms with Crippen molar-refractivity contribution in [1.29, 1.82) is 0 Å². The molecule has 166 valence electrons. The van der Waals surface area contributed by atoms with Gasteiger partial charge >= 0.3 is 0 Å². The number of fused-ring (bicyclic) bond motifs is 2. The predicted octanol–water partition coefficient (Wildman–Crippen LogP) is 1.10. The summed E-state index contributed by atoms with van der Waals surface area (Å²) in [4.78, 5) is 43.6. The fourth-order valence-electron chi connectivity index (χ4n) is 4.28. The zero-order valence-electron chi connectivity index (χ0n) is 17.5. The van der Waals surface area contributed by atoms with Gasteiger partial charge in [0.1, 0.15) is 12.3 Å². The molecule has 32 heavy (non-hydrogen) atoms. The number of nitrogens with one attached hydrogen (secondary N) is 1. The van der Waals surface area contributed by atoms with Gasteiger partial charge in [0.2, 0.25) is 11.8 Å². The first-order chi connectivity index (χ1) is 15.6. The normalized spacial score (nSPS) is 20.1.